The van der Waals surface area contributed by atoms with E-state index in [0.29, 0.717) is 0 Å². The summed E-state index contributed by atoms with van der Waals surface area (Å²) in [6.45, 7) is 0. The smallest absolute Gasteiger partial charge is 0.310 e. The fourth-order valence-corrected chi connectivity index (χ4v) is 2.87. The monoisotopic (exact) mass is 322 g/mol. The first kappa shape index (κ1) is 15.1. The number of benzene rings is 1. The van der Waals surface area contributed by atoms with Crippen LogP contribution in [0.3, 0.4) is 0 Å². The fraction of sp³-hybridized carbons (Fsp3) is 0.286. The number of amides is 1. The molecule has 1 fully saturated rings. The highest BCUT2D eigenvalue weighted by Gasteiger charge is 2.53. The summed E-state index contributed by atoms with van der Waals surface area (Å²) in [5, 5.41) is 22.3. The van der Waals surface area contributed by atoms with Crippen molar-refractivity contribution < 1.29 is 28.7 Å². The van der Waals surface area contributed by atoms with E-state index in [4.69, 9.17) is 4.74 Å². The summed E-state index contributed by atoms with van der Waals surface area (Å²) in [6, 6.07) is 2.91. The van der Waals surface area contributed by atoms with Crippen molar-refractivity contribution in [3.8, 4) is 0 Å². The second kappa shape index (κ2) is 5.43. The summed E-state index contributed by atoms with van der Waals surface area (Å²) in [5.41, 5.74) is -0.763. The van der Waals surface area contributed by atoms with Crippen LogP contribution in [0.1, 0.15) is 0 Å². The van der Waals surface area contributed by atoms with Crippen molar-refractivity contribution in [3.63, 3.8) is 0 Å². The highest BCUT2D eigenvalue weighted by molar-refractivity contribution is 5.96. The molecule has 1 saturated heterocycles. The Morgan fingerprint density at radius 2 is 1.91 bits per heavy atom. The molecule has 120 valence electrons. The van der Waals surface area contributed by atoms with E-state index >= 15 is 0 Å². The molecule has 23 heavy (non-hydrogen) atoms. The maximum atomic E-state index is 13.3. The van der Waals surface area contributed by atoms with E-state index in [1.165, 1.54) is 6.07 Å². The lowest BCUT2D eigenvalue weighted by Gasteiger charge is -2.20. The number of ether oxygens (including phenoxy) is 1. The van der Waals surface area contributed by atoms with Gasteiger partial charge in [0.05, 0.1) is 23.0 Å². The van der Waals surface area contributed by atoms with Crippen LogP contribution in [0, 0.1) is 27.8 Å². The molecule has 2 N–H and O–H groups in total. The number of carbonyl (C=O) groups excluding carboxylic acids is 1. The van der Waals surface area contributed by atoms with Gasteiger partial charge in [-0.3, -0.25) is 19.7 Å². The molecule has 1 aromatic carbocycles. The lowest BCUT2D eigenvalue weighted by atomic mass is 9.82. The van der Waals surface area contributed by atoms with Crippen LogP contribution >= 0.6 is 0 Å². The number of carboxylic acid groups (broad SMARTS) is 1. The first-order valence-electron chi connectivity index (χ1n) is 6.70. The zero-order valence-electron chi connectivity index (χ0n) is 11.5. The molecule has 1 aromatic rings. The Balaban J connectivity index is 1.82. The molecule has 8 nitrogen and oxygen atoms in total. The molecule has 4 unspecified atom stereocenters. The number of rotatable bonds is 4. The van der Waals surface area contributed by atoms with Crippen LogP contribution < -0.4 is 5.32 Å². The van der Waals surface area contributed by atoms with Crippen molar-refractivity contribution >= 4 is 23.3 Å². The maximum absolute atomic E-state index is 13.3. The SMILES string of the molecule is O=C(O)C1C2C=CC(O2)C1C(=O)Nc1ccc(F)c([N+](=O)[O-])c1. The Kier molecular flexibility index (Phi) is 3.57. The Hall–Kier alpha value is -2.81. The lowest BCUT2D eigenvalue weighted by Crippen LogP contribution is -2.39. The normalized spacial score (nSPS) is 27.9. The number of nitrogens with one attached hydrogen (secondary N) is 1. The van der Waals surface area contributed by atoms with Crippen molar-refractivity contribution in [1.29, 1.82) is 0 Å². The van der Waals surface area contributed by atoms with Gasteiger partial charge in [-0.1, -0.05) is 12.2 Å². The number of nitro groups is 1. The minimum atomic E-state index is -1.16. The molecule has 0 radical (unpaired) electrons. The Bertz CT molecular complexity index is 734. The average Bonchev–Trinajstić information content (AvgIpc) is 3.09. The van der Waals surface area contributed by atoms with E-state index in [0.717, 1.165) is 12.1 Å². The first-order valence-corrected chi connectivity index (χ1v) is 6.70. The van der Waals surface area contributed by atoms with Gasteiger partial charge in [-0.2, -0.15) is 4.39 Å². The van der Waals surface area contributed by atoms with E-state index in [2.05, 4.69) is 5.32 Å². The van der Waals surface area contributed by atoms with Gasteiger partial charge in [-0.25, -0.2) is 0 Å². The number of carbonyl (C=O) groups is 2. The topological polar surface area (TPSA) is 119 Å². The van der Waals surface area contributed by atoms with Crippen LogP contribution in [0.5, 0.6) is 0 Å². The standard InChI is InChI=1S/C14H11FN2O6/c15-7-2-1-6(5-8(7)17(21)22)16-13(18)11-9-3-4-10(23-9)12(11)14(19)20/h1-5,9-12H,(H,16,18)(H,19,20). The quantitative estimate of drug-likeness (QED) is 0.490. The second-order valence-corrected chi connectivity index (χ2v) is 5.25. The summed E-state index contributed by atoms with van der Waals surface area (Å²) in [7, 11) is 0. The number of aliphatic carboxylic acids is 1. The van der Waals surface area contributed by atoms with Gasteiger partial charge in [0.2, 0.25) is 11.7 Å². The Morgan fingerprint density at radius 3 is 2.52 bits per heavy atom. The summed E-state index contributed by atoms with van der Waals surface area (Å²) in [6.07, 6.45) is 1.88. The van der Waals surface area contributed by atoms with E-state index < -0.39 is 52.3 Å². The number of nitro benzene ring substituents is 1. The average molecular weight is 322 g/mol. The van der Waals surface area contributed by atoms with Gasteiger partial charge < -0.3 is 15.2 Å². The van der Waals surface area contributed by atoms with Crippen molar-refractivity contribution in [2.45, 2.75) is 12.2 Å². The van der Waals surface area contributed by atoms with Crippen LogP contribution in [0.4, 0.5) is 15.8 Å². The van der Waals surface area contributed by atoms with Gasteiger partial charge in [0, 0.05) is 11.8 Å². The van der Waals surface area contributed by atoms with Crippen LogP contribution in [0.15, 0.2) is 30.4 Å². The summed E-state index contributed by atoms with van der Waals surface area (Å²) < 4.78 is 18.7. The van der Waals surface area contributed by atoms with Crippen molar-refractivity contribution in [2.75, 3.05) is 5.32 Å². The van der Waals surface area contributed by atoms with Crippen molar-refractivity contribution in [1.82, 2.24) is 0 Å². The summed E-state index contributed by atoms with van der Waals surface area (Å²) >= 11 is 0. The molecule has 2 aliphatic rings. The highest BCUT2D eigenvalue weighted by Crippen LogP contribution is 2.40. The largest absolute Gasteiger partial charge is 0.481 e. The van der Waals surface area contributed by atoms with E-state index in [-0.39, 0.29) is 5.69 Å². The predicted molar refractivity (Wildman–Crippen MR) is 74.1 cm³/mol. The molecular weight excluding hydrogens is 311 g/mol. The molecule has 3 rings (SSSR count). The third kappa shape index (κ3) is 2.55. The number of nitrogens with zero attached hydrogens (tertiary/aromatic N) is 1. The molecule has 0 saturated carbocycles. The molecule has 0 spiro atoms. The van der Waals surface area contributed by atoms with Gasteiger partial charge in [0.15, 0.2) is 0 Å². The summed E-state index contributed by atoms with van der Waals surface area (Å²) in [4.78, 5) is 33.4. The zero-order valence-corrected chi connectivity index (χ0v) is 11.5. The molecule has 1 amide bonds. The highest BCUT2D eigenvalue weighted by atomic mass is 19.1. The fourth-order valence-electron chi connectivity index (χ4n) is 2.87. The molecule has 2 aliphatic heterocycles. The molecule has 2 heterocycles. The van der Waals surface area contributed by atoms with E-state index in [1.54, 1.807) is 12.2 Å². The zero-order chi connectivity index (χ0) is 16.7. The van der Waals surface area contributed by atoms with E-state index in [1.807, 2.05) is 0 Å². The lowest BCUT2D eigenvalue weighted by molar-refractivity contribution is -0.387. The number of hydrogen-bond acceptors (Lipinski definition) is 5. The van der Waals surface area contributed by atoms with Crippen molar-refractivity contribution in [3.05, 3.63) is 46.3 Å². The van der Waals surface area contributed by atoms with E-state index in [9.17, 15) is 29.2 Å². The second-order valence-electron chi connectivity index (χ2n) is 5.25. The van der Waals surface area contributed by atoms with Crippen molar-refractivity contribution in [2.24, 2.45) is 11.8 Å². The number of anilines is 1. The van der Waals surface area contributed by atoms with Gasteiger partial charge in [-0.05, 0) is 12.1 Å². The predicted octanol–water partition coefficient (Wildman–Crippen LogP) is 1.33. The molecule has 9 heteroatoms. The Morgan fingerprint density at radius 1 is 1.26 bits per heavy atom. The van der Waals surface area contributed by atoms with Crippen LogP contribution in [-0.2, 0) is 14.3 Å². The number of fused-ring (bicyclic) bond motifs is 2. The third-order valence-corrected chi connectivity index (χ3v) is 3.90. The third-order valence-electron chi connectivity index (χ3n) is 3.90. The number of hydrogen-bond donors (Lipinski definition) is 2. The van der Waals surface area contributed by atoms with Gasteiger partial charge in [-0.15, -0.1) is 0 Å². The molecular formula is C14H11FN2O6. The summed E-state index contributed by atoms with van der Waals surface area (Å²) in [5.74, 6) is -4.81. The number of carboxylic acids is 1. The maximum Gasteiger partial charge on any atom is 0.310 e. The van der Waals surface area contributed by atoms with Crippen LogP contribution in [0.25, 0.3) is 0 Å². The van der Waals surface area contributed by atoms with Crippen LogP contribution in [0.2, 0.25) is 0 Å². The molecule has 4 atom stereocenters. The van der Waals surface area contributed by atoms with Gasteiger partial charge in [0.25, 0.3) is 0 Å². The van der Waals surface area contributed by atoms with Gasteiger partial charge >= 0.3 is 11.7 Å². The molecule has 2 bridgehead atoms. The molecule has 0 aromatic heterocycles. The first-order chi connectivity index (χ1) is 10.9. The Labute approximate surface area is 128 Å². The van der Waals surface area contributed by atoms with Gasteiger partial charge in [0.1, 0.15) is 5.92 Å². The minimum absolute atomic E-state index is 0.0130. The van der Waals surface area contributed by atoms with Crippen LogP contribution in [-0.4, -0.2) is 34.1 Å². The number of halogens is 1. The minimum Gasteiger partial charge on any atom is -0.481 e. The molecule has 0 aliphatic carbocycles.